The van der Waals surface area contributed by atoms with E-state index in [2.05, 4.69) is 10.1 Å². The van der Waals surface area contributed by atoms with Gasteiger partial charge in [0.2, 0.25) is 5.91 Å². The van der Waals surface area contributed by atoms with Crippen LogP contribution in [-0.4, -0.2) is 23.9 Å². The molecule has 0 aromatic carbocycles. The Morgan fingerprint density at radius 1 is 1.58 bits per heavy atom. The standard InChI is InChI=1S/C7H9NO4/c1-4(9)8-5-2-3-6(10)12-7(5)11/h5H,2-3H2,1H3,(H,8,9)/t5-/m0/s1. The maximum absolute atomic E-state index is 10.9. The number of ether oxygens (including phenoxy) is 1. The van der Waals surface area contributed by atoms with Gasteiger partial charge in [0, 0.05) is 13.3 Å². The lowest BCUT2D eigenvalue weighted by atomic mass is 10.1. The van der Waals surface area contributed by atoms with Crippen molar-refractivity contribution >= 4 is 17.8 Å². The van der Waals surface area contributed by atoms with Crippen LogP contribution in [0.25, 0.3) is 0 Å². The molecular weight excluding hydrogens is 162 g/mol. The summed E-state index contributed by atoms with van der Waals surface area (Å²) in [6.07, 6.45) is 0.508. The lowest BCUT2D eigenvalue weighted by molar-refractivity contribution is -0.166. The Bertz CT molecular complexity index is 236. The highest BCUT2D eigenvalue weighted by Gasteiger charge is 2.29. The van der Waals surface area contributed by atoms with Gasteiger partial charge in [0.1, 0.15) is 6.04 Å². The average Bonchev–Trinajstić information content (AvgIpc) is 1.94. The molecule has 0 bridgehead atoms. The minimum absolute atomic E-state index is 0.177. The number of hydrogen-bond acceptors (Lipinski definition) is 4. The number of rotatable bonds is 1. The highest BCUT2D eigenvalue weighted by atomic mass is 16.6. The average molecular weight is 171 g/mol. The van der Waals surface area contributed by atoms with Crippen LogP contribution in [-0.2, 0) is 19.1 Å². The second-order valence-corrected chi connectivity index (χ2v) is 2.58. The van der Waals surface area contributed by atoms with Crippen molar-refractivity contribution in [3.05, 3.63) is 0 Å². The molecule has 0 saturated carbocycles. The predicted octanol–water partition coefficient (Wildman–Crippen LogP) is -0.645. The monoisotopic (exact) mass is 171 g/mol. The van der Waals surface area contributed by atoms with Gasteiger partial charge in [-0.3, -0.25) is 9.59 Å². The van der Waals surface area contributed by atoms with Crippen LogP contribution in [0.5, 0.6) is 0 Å². The summed E-state index contributed by atoms with van der Waals surface area (Å²) in [6.45, 7) is 1.31. The molecule has 0 spiro atoms. The Morgan fingerprint density at radius 3 is 2.75 bits per heavy atom. The SMILES string of the molecule is CC(=O)N[C@H]1CCC(=O)OC1=O. The van der Waals surface area contributed by atoms with E-state index in [4.69, 9.17) is 0 Å². The normalized spacial score (nSPS) is 23.2. The van der Waals surface area contributed by atoms with Crippen LogP contribution in [0.2, 0.25) is 0 Å². The Hall–Kier alpha value is -1.39. The van der Waals surface area contributed by atoms with Crippen molar-refractivity contribution in [2.24, 2.45) is 0 Å². The molecule has 66 valence electrons. The van der Waals surface area contributed by atoms with Gasteiger partial charge in [0.05, 0.1) is 0 Å². The molecule has 1 aliphatic heterocycles. The van der Waals surface area contributed by atoms with Crippen molar-refractivity contribution in [3.8, 4) is 0 Å². The number of amides is 1. The molecule has 1 heterocycles. The highest BCUT2D eigenvalue weighted by molar-refractivity contribution is 5.93. The third kappa shape index (κ3) is 2.05. The maximum Gasteiger partial charge on any atom is 0.336 e. The number of carbonyl (C=O) groups is 3. The van der Waals surface area contributed by atoms with E-state index in [0.29, 0.717) is 6.42 Å². The predicted molar refractivity (Wildman–Crippen MR) is 37.9 cm³/mol. The van der Waals surface area contributed by atoms with Crippen LogP contribution < -0.4 is 5.32 Å². The van der Waals surface area contributed by atoms with Crippen molar-refractivity contribution < 1.29 is 19.1 Å². The summed E-state index contributed by atoms with van der Waals surface area (Å²) in [5.41, 5.74) is 0. The summed E-state index contributed by atoms with van der Waals surface area (Å²) in [5, 5.41) is 2.39. The van der Waals surface area contributed by atoms with Gasteiger partial charge in [-0.2, -0.15) is 0 Å². The molecule has 0 radical (unpaired) electrons. The highest BCUT2D eigenvalue weighted by Crippen LogP contribution is 2.08. The zero-order chi connectivity index (χ0) is 9.14. The van der Waals surface area contributed by atoms with E-state index >= 15 is 0 Å². The van der Waals surface area contributed by atoms with Crippen molar-refractivity contribution in [2.45, 2.75) is 25.8 Å². The van der Waals surface area contributed by atoms with Crippen molar-refractivity contribution in [1.29, 1.82) is 0 Å². The molecule has 0 unspecified atom stereocenters. The molecule has 1 N–H and O–H groups in total. The van der Waals surface area contributed by atoms with Gasteiger partial charge in [0.15, 0.2) is 0 Å². The number of esters is 2. The van der Waals surface area contributed by atoms with Crippen LogP contribution in [0.15, 0.2) is 0 Å². The molecule has 1 saturated heterocycles. The molecule has 1 atom stereocenters. The van der Waals surface area contributed by atoms with E-state index in [9.17, 15) is 14.4 Å². The number of carbonyl (C=O) groups excluding carboxylic acids is 3. The van der Waals surface area contributed by atoms with Gasteiger partial charge < -0.3 is 10.1 Å². The molecule has 1 fully saturated rings. The minimum Gasteiger partial charge on any atom is -0.392 e. The van der Waals surface area contributed by atoms with E-state index < -0.39 is 18.0 Å². The van der Waals surface area contributed by atoms with Crippen molar-refractivity contribution in [2.75, 3.05) is 0 Å². The van der Waals surface area contributed by atoms with Crippen molar-refractivity contribution in [3.63, 3.8) is 0 Å². The van der Waals surface area contributed by atoms with Gasteiger partial charge in [-0.15, -0.1) is 0 Å². The van der Waals surface area contributed by atoms with Gasteiger partial charge >= 0.3 is 11.9 Å². The fourth-order valence-corrected chi connectivity index (χ4v) is 0.991. The molecule has 12 heavy (non-hydrogen) atoms. The maximum atomic E-state index is 10.9. The lowest BCUT2D eigenvalue weighted by Crippen LogP contribution is -2.44. The first-order chi connectivity index (χ1) is 5.59. The van der Waals surface area contributed by atoms with Gasteiger partial charge in [-0.25, -0.2) is 4.79 Å². The minimum atomic E-state index is -0.665. The van der Waals surface area contributed by atoms with E-state index in [1.807, 2.05) is 0 Å². The van der Waals surface area contributed by atoms with Crippen LogP contribution >= 0.6 is 0 Å². The van der Waals surface area contributed by atoms with E-state index in [1.54, 1.807) is 0 Å². The summed E-state index contributed by atoms with van der Waals surface area (Å²) in [7, 11) is 0. The van der Waals surface area contributed by atoms with Crippen molar-refractivity contribution in [1.82, 2.24) is 5.32 Å². The third-order valence-electron chi connectivity index (χ3n) is 1.51. The van der Waals surface area contributed by atoms with E-state index in [1.165, 1.54) is 6.92 Å². The van der Waals surface area contributed by atoms with Gasteiger partial charge in [-0.1, -0.05) is 0 Å². The second kappa shape index (κ2) is 3.34. The Morgan fingerprint density at radius 2 is 2.25 bits per heavy atom. The van der Waals surface area contributed by atoms with E-state index in [0.717, 1.165) is 0 Å². The fraction of sp³-hybridized carbons (Fsp3) is 0.571. The van der Waals surface area contributed by atoms with Crippen LogP contribution in [0.1, 0.15) is 19.8 Å². The molecule has 1 aliphatic rings. The number of hydrogen-bond donors (Lipinski definition) is 1. The Balaban J connectivity index is 2.51. The zero-order valence-electron chi connectivity index (χ0n) is 6.62. The fourth-order valence-electron chi connectivity index (χ4n) is 0.991. The first-order valence-electron chi connectivity index (χ1n) is 3.61. The Kier molecular flexibility index (Phi) is 2.42. The summed E-state index contributed by atoms with van der Waals surface area (Å²) >= 11 is 0. The van der Waals surface area contributed by atoms with E-state index in [-0.39, 0.29) is 12.3 Å². The summed E-state index contributed by atoms with van der Waals surface area (Å²) in [6, 6.07) is -0.653. The largest absolute Gasteiger partial charge is 0.392 e. The first-order valence-corrected chi connectivity index (χ1v) is 3.61. The summed E-state index contributed by atoms with van der Waals surface area (Å²) < 4.78 is 4.31. The molecule has 5 nitrogen and oxygen atoms in total. The topological polar surface area (TPSA) is 72.5 Å². The van der Waals surface area contributed by atoms with Crippen LogP contribution in [0.3, 0.4) is 0 Å². The molecule has 1 rings (SSSR count). The zero-order valence-corrected chi connectivity index (χ0v) is 6.62. The molecular formula is C7H9NO4. The lowest BCUT2D eigenvalue weighted by Gasteiger charge is -2.19. The van der Waals surface area contributed by atoms with Gasteiger partial charge in [0.25, 0.3) is 0 Å². The molecule has 0 aliphatic carbocycles. The molecule has 0 aromatic heterocycles. The first kappa shape index (κ1) is 8.70. The van der Waals surface area contributed by atoms with Gasteiger partial charge in [-0.05, 0) is 6.42 Å². The molecule has 1 amide bonds. The third-order valence-corrected chi connectivity index (χ3v) is 1.51. The summed E-state index contributed by atoms with van der Waals surface area (Å²) in [5.74, 6) is -1.49. The second-order valence-electron chi connectivity index (χ2n) is 2.58. The molecule has 0 aromatic rings. The number of cyclic esters (lactones) is 2. The smallest absolute Gasteiger partial charge is 0.336 e. The van der Waals surface area contributed by atoms with Crippen LogP contribution in [0, 0.1) is 0 Å². The van der Waals surface area contributed by atoms with Crippen LogP contribution in [0.4, 0.5) is 0 Å². The molecule has 5 heteroatoms. The quantitative estimate of drug-likeness (QED) is 0.420. The summed E-state index contributed by atoms with van der Waals surface area (Å²) in [4.78, 5) is 32.0. The number of nitrogens with one attached hydrogen (secondary N) is 1. The Labute approximate surface area is 69.1 Å².